The summed E-state index contributed by atoms with van der Waals surface area (Å²) in [6, 6.07) is 23.5. The molecule has 1 aromatic heterocycles. The molecule has 11 heteroatoms. The largest absolute Gasteiger partial charge is 0.465 e. The predicted molar refractivity (Wildman–Crippen MR) is 225 cm³/mol. The van der Waals surface area contributed by atoms with Crippen LogP contribution in [-0.4, -0.2) is 67.2 Å². The molecule has 0 aliphatic carbocycles. The number of fused-ring (bicyclic) bond motifs is 1. The van der Waals surface area contributed by atoms with Crippen molar-refractivity contribution in [3.05, 3.63) is 89.2 Å². The van der Waals surface area contributed by atoms with Crippen molar-refractivity contribution < 1.29 is 24.2 Å². The lowest BCUT2D eigenvalue weighted by Crippen LogP contribution is -2.62. The molecule has 0 bridgehead atoms. The number of ether oxygens (including phenoxy) is 1. The molecule has 7 rings (SSSR count). The van der Waals surface area contributed by atoms with Crippen molar-refractivity contribution in [1.29, 1.82) is 0 Å². The summed E-state index contributed by atoms with van der Waals surface area (Å²) < 4.78 is 5.73. The molecule has 4 heterocycles. The number of H-pyrrole nitrogens is 1. The highest BCUT2D eigenvalue weighted by molar-refractivity contribution is 6.01. The molecule has 0 saturated carbocycles. The lowest BCUT2D eigenvalue weighted by molar-refractivity contribution is -0.131. The zero-order valence-corrected chi connectivity index (χ0v) is 35.1. The minimum Gasteiger partial charge on any atom is -0.465 e. The molecule has 304 valence electrons. The standard InChI is InChI=1S/C46H60N6O5/c1-43(2,3)31-16-20-33(21-17-31)52-36(29-13-18-32(19-14-29)47-40(53)46(44(4,5)6)25-11-27-51(46)41(54)55)23-24-37(52)30-15-22-34-35(28-30)49-39(48-34)38-12-10-26-50(38)42(56)57-45(7,8)9/h13-22,28,36-38H,10-12,23-27H2,1-9H3,(H,47,53)(H,48,49)(H,54,55)/t36?,37?,38-,46+/m0/s1. The number of imidazole rings is 1. The van der Waals surface area contributed by atoms with Crippen molar-refractivity contribution in [2.75, 3.05) is 23.3 Å². The molecule has 4 atom stereocenters. The molecule has 3 fully saturated rings. The number of hydrogen-bond donors (Lipinski definition) is 3. The molecule has 3 aliphatic rings. The van der Waals surface area contributed by atoms with E-state index in [2.05, 4.69) is 90.6 Å². The molecule has 3 aliphatic heterocycles. The number of carboxylic acid groups (broad SMARTS) is 1. The monoisotopic (exact) mass is 776 g/mol. The molecule has 11 nitrogen and oxygen atoms in total. The lowest BCUT2D eigenvalue weighted by atomic mass is 9.71. The Labute approximate surface area is 337 Å². The Balaban J connectivity index is 1.17. The number of nitrogens with zero attached hydrogens (tertiary/aromatic N) is 4. The van der Waals surface area contributed by atoms with Crippen LogP contribution in [0.3, 0.4) is 0 Å². The van der Waals surface area contributed by atoms with Gasteiger partial charge in [0.2, 0.25) is 0 Å². The Morgan fingerprint density at radius 1 is 0.807 bits per heavy atom. The van der Waals surface area contributed by atoms with Crippen LogP contribution >= 0.6 is 0 Å². The van der Waals surface area contributed by atoms with Crippen LogP contribution in [0, 0.1) is 5.41 Å². The third-order valence-corrected chi connectivity index (χ3v) is 12.3. The van der Waals surface area contributed by atoms with Crippen molar-refractivity contribution >= 4 is 40.5 Å². The van der Waals surface area contributed by atoms with E-state index in [1.54, 1.807) is 4.90 Å². The second-order valence-electron chi connectivity index (χ2n) is 19.3. The summed E-state index contributed by atoms with van der Waals surface area (Å²) in [6.07, 6.45) is 3.34. The van der Waals surface area contributed by atoms with Crippen LogP contribution in [0.25, 0.3) is 11.0 Å². The number of aromatic amines is 1. The predicted octanol–water partition coefficient (Wildman–Crippen LogP) is 10.5. The zero-order chi connectivity index (χ0) is 41.1. The first-order valence-electron chi connectivity index (χ1n) is 20.6. The number of aromatic nitrogens is 2. The fourth-order valence-electron chi connectivity index (χ4n) is 9.41. The second kappa shape index (κ2) is 14.7. The number of rotatable bonds is 6. The summed E-state index contributed by atoms with van der Waals surface area (Å²) in [5, 5.41) is 13.1. The maximum Gasteiger partial charge on any atom is 0.410 e. The van der Waals surface area contributed by atoms with Crippen molar-refractivity contribution in [2.45, 2.75) is 136 Å². The Bertz CT molecular complexity index is 2120. The van der Waals surface area contributed by atoms with Gasteiger partial charge < -0.3 is 25.0 Å². The number of amides is 3. The maximum atomic E-state index is 14.0. The molecule has 0 spiro atoms. The van der Waals surface area contributed by atoms with Crippen LogP contribution in [0.4, 0.5) is 21.0 Å². The van der Waals surface area contributed by atoms with Gasteiger partial charge in [0.05, 0.1) is 29.2 Å². The highest BCUT2D eigenvalue weighted by atomic mass is 16.6. The summed E-state index contributed by atoms with van der Waals surface area (Å²) in [5.41, 5.74) is 4.89. The van der Waals surface area contributed by atoms with E-state index in [0.29, 0.717) is 31.6 Å². The zero-order valence-electron chi connectivity index (χ0n) is 35.1. The van der Waals surface area contributed by atoms with E-state index in [9.17, 15) is 19.5 Å². The van der Waals surface area contributed by atoms with E-state index in [1.807, 2.05) is 53.7 Å². The Morgan fingerprint density at radius 2 is 1.46 bits per heavy atom. The first kappa shape index (κ1) is 40.1. The van der Waals surface area contributed by atoms with E-state index >= 15 is 0 Å². The van der Waals surface area contributed by atoms with Gasteiger partial charge in [-0.1, -0.05) is 71.9 Å². The van der Waals surface area contributed by atoms with Gasteiger partial charge in [0, 0.05) is 24.5 Å². The smallest absolute Gasteiger partial charge is 0.410 e. The van der Waals surface area contributed by atoms with E-state index < -0.39 is 22.6 Å². The molecule has 3 amide bonds. The number of likely N-dealkylation sites (tertiary alicyclic amines) is 2. The molecule has 3 aromatic carbocycles. The number of carbonyl (C=O) groups excluding carboxylic acids is 2. The fraction of sp³-hybridized carbons (Fsp3) is 0.522. The lowest BCUT2D eigenvalue weighted by Gasteiger charge is -2.45. The quantitative estimate of drug-likeness (QED) is 0.178. The van der Waals surface area contributed by atoms with Gasteiger partial charge in [-0.05, 0) is 123 Å². The first-order chi connectivity index (χ1) is 26.8. The Morgan fingerprint density at radius 3 is 2.07 bits per heavy atom. The SMILES string of the molecule is CC(C)(C)OC(=O)N1CCC[C@H]1c1nc2cc(C3CCC(c4ccc(NC(=O)[C@@]5(C(C)(C)C)CCCN5C(=O)O)cc4)N3c3ccc(C(C)(C)C)cc3)ccc2[nH]1. The highest BCUT2D eigenvalue weighted by Gasteiger charge is 2.57. The third kappa shape index (κ3) is 7.69. The number of nitrogens with one attached hydrogen (secondary N) is 2. The second-order valence-corrected chi connectivity index (χ2v) is 19.3. The number of carbonyl (C=O) groups is 3. The van der Waals surface area contributed by atoms with Crippen LogP contribution in [0.2, 0.25) is 0 Å². The maximum absolute atomic E-state index is 14.0. The van der Waals surface area contributed by atoms with Gasteiger partial charge in [-0.3, -0.25) is 14.6 Å². The summed E-state index contributed by atoms with van der Waals surface area (Å²) >= 11 is 0. The average Bonchev–Trinajstić information content (AvgIpc) is 3.95. The van der Waals surface area contributed by atoms with Gasteiger partial charge in [0.1, 0.15) is 17.0 Å². The topological polar surface area (TPSA) is 131 Å². The Hall–Kier alpha value is -5.06. The summed E-state index contributed by atoms with van der Waals surface area (Å²) in [5.74, 6) is 0.500. The van der Waals surface area contributed by atoms with Crippen LogP contribution in [0.15, 0.2) is 66.7 Å². The van der Waals surface area contributed by atoms with E-state index in [-0.39, 0.29) is 35.5 Å². The van der Waals surface area contributed by atoms with Gasteiger partial charge in [0.15, 0.2) is 0 Å². The van der Waals surface area contributed by atoms with Crippen LogP contribution < -0.4 is 10.2 Å². The fourth-order valence-corrected chi connectivity index (χ4v) is 9.41. The minimum atomic E-state index is -1.16. The minimum absolute atomic E-state index is 0.0231. The summed E-state index contributed by atoms with van der Waals surface area (Å²) in [6.45, 7) is 19.2. The molecule has 0 radical (unpaired) electrons. The van der Waals surface area contributed by atoms with Crippen molar-refractivity contribution in [2.24, 2.45) is 5.41 Å². The summed E-state index contributed by atoms with van der Waals surface area (Å²) in [7, 11) is 0. The van der Waals surface area contributed by atoms with E-state index in [4.69, 9.17) is 9.72 Å². The average molecular weight is 777 g/mol. The number of hydrogen-bond acceptors (Lipinski definition) is 6. The van der Waals surface area contributed by atoms with Gasteiger partial charge in [-0.15, -0.1) is 0 Å². The van der Waals surface area contributed by atoms with Gasteiger partial charge in [-0.25, -0.2) is 14.6 Å². The number of anilines is 2. The Kier molecular flexibility index (Phi) is 10.4. The molecule has 3 saturated heterocycles. The normalized spacial score (nSPS) is 23.0. The van der Waals surface area contributed by atoms with Crippen LogP contribution in [0.1, 0.15) is 141 Å². The number of benzene rings is 3. The van der Waals surface area contributed by atoms with Crippen molar-refractivity contribution in [3.8, 4) is 0 Å². The first-order valence-corrected chi connectivity index (χ1v) is 20.6. The molecule has 57 heavy (non-hydrogen) atoms. The van der Waals surface area contributed by atoms with Gasteiger partial charge >= 0.3 is 12.2 Å². The van der Waals surface area contributed by atoms with Gasteiger partial charge in [-0.2, -0.15) is 0 Å². The highest BCUT2D eigenvalue weighted by Crippen LogP contribution is 2.48. The molecular weight excluding hydrogens is 717 g/mol. The third-order valence-electron chi connectivity index (χ3n) is 12.3. The van der Waals surface area contributed by atoms with Gasteiger partial charge in [0.25, 0.3) is 5.91 Å². The van der Waals surface area contributed by atoms with E-state index in [1.165, 1.54) is 16.0 Å². The van der Waals surface area contributed by atoms with Crippen LogP contribution in [-0.2, 0) is 14.9 Å². The van der Waals surface area contributed by atoms with E-state index in [0.717, 1.165) is 53.8 Å². The molecule has 3 N–H and O–H groups in total. The molecule has 2 unspecified atom stereocenters. The van der Waals surface area contributed by atoms with Crippen molar-refractivity contribution in [1.82, 2.24) is 19.8 Å². The molecular formula is C46H60N6O5. The van der Waals surface area contributed by atoms with Crippen LogP contribution in [0.5, 0.6) is 0 Å². The summed E-state index contributed by atoms with van der Waals surface area (Å²) in [4.78, 5) is 53.6. The van der Waals surface area contributed by atoms with Crippen molar-refractivity contribution in [3.63, 3.8) is 0 Å². The molecule has 4 aromatic rings.